The molecule has 1 amide bonds. The van der Waals surface area contributed by atoms with Crippen LogP contribution >= 0.6 is 22.9 Å². The number of aromatic nitrogens is 1. The van der Waals surface area contributed by atoms with Crippen molar-refractivity contribution in [3.63, 3.8) is 0 Å². The second kappa shape index (κ2) is 7.77. The summed E-state index contributed by atoms with van der Waals surface area (Å²) in [6, 6.07) is 11.9. The van der Waals surface area contributed by atoms with E-state index in [2.05, 4.69) is 10.3 Å². The average Bonchev–Trinajstić information content (AvgIpc) is 3.02. The molecule has 0 atom stereocenters. The Morgan fingerprint density at radius 1 is 1.22 bits per heavy atom. The molecule has 6 nitrogen and oxygen atoms in total. The van der Waals surface area contributed by atoms with Gasteiger partial charge in [-0.25, -0.2) is 17.7 Å². The Labute approximate surface area is 166 Å². The van der Waals surface area contributed by atoms with E-state index < -0.39 is 10.0 Å². The molecule has 0 radical (unpaired) electrons. The van der Waals surface area contributed by atoms with Crippen molar-refractivity contribution in [3.8, 4) is 0 Å². The summed E-state index contributed by atoms with van der Waals surface area (Å²) in [5.41, 5.74) is 1.35. The summed E-state index contributed by atoms with van der Waals surface area (Å²) >= 11 is 7.26. The largest absolute Gasteiger partial charge is 0.298 e. The summed E-state index contributed by atoms with van der Waals surface area (Å²) in [6.07, 6.45) is 2.99. The van der Waals surface area contributed by atoms with E-state index in [1.807, 2.05) is 12.1 Å². The molecule has 0 saturated carbocycles. The van der Waals surface area contributed by atoms with E-state index in [9.17, 15) is 13.2 Å². The van der Waals surface area contributed by atoms with E-state index in [1.54, 1.807) is 30.3 Å². The topological polar surface area (TPSA) is 79.4 Å². The molecular formula is C18H16ClN3O3S2. The van der Waals surface area contributed by atoms with E-state index >= 15 is 0 Å². The number of anilines is 1. The molecule has 0 aliphatic carbocycles. The van der Waals surface area contributed by atoms with Gasteiger partial charge in [0, 0.05) is 25.2 Å². The molecule has 0 spiro atoms. The minimum Gasteiger partial charge on any atom is -0.298 e. The summed E-state index contributed by atoms with van der Waals surface area (Å²) in [5.74, 6) is -0.352. The second-order valence-corrected chi connectivity index (χ2v) is 9.37. The maximum atomic E-state index is 12.2. The van der Waals surface area contributed by atoms with Crippen molar-refractivity contribution in [2.75, 3.05) is 19.4 Å². The molecule has 0 aliphatic rings. The first-order valence-electron chi connectivity index (χ1n) is 7.84. The Bertz CT molecular complexity index is 1140. The summed E-state index contributed by atoms with van der Waals surface area (Å²) in [5, 5.41) is 3.62. The molecule has 0 unspecified atom stereocenters. The highest BCUT2D eigenvalue weighted by atomic mass is 35.5. The third-order valence-electron chi connectivity index (χ3n) is 3.69. The fraction of sp³-hybridized carbons (Fsp3) is 0.111. The number of sulfonamides is 1. The van der Waals surface area contributed by atoms with Crippen LogP contribution in [-0.4, -0.2) is 37.7 Å². The van der Waals surface area contributed by atoms with Crippen molar-refractivity contribution < 1.29 is 13.2 Å². The Morgan fingerprint density at radius 2 is 1.96 bits per heavy atom. The monoisotopic (exact) mass is 421 g/mol. The minimum atomic E-state index is -3.52. The first-order chi connectivity index (χ1) is 12.8. The van der Waals surface area contributed by atoms with Crippen LogP contribution in [0.25, 0.3) is 16.3 Å². The first-order valence-corrected chi connectivity index (χ1v) is 10.5. The number of nitrogens with zero attached hydrogens (tertiary/aromatic N) is 2. The zero-order valence-corrected chi connectivity index (χ0v) is 16.9. The van der Waals surface area contributed by atoms with Gasteiger partial charge in [0.15, 0.2) is 5.13 Å². The molecule has 0 saturated heterocycles. The highest BCUT2D eigenvalue weighted by Gasteiger charge is 2.18. The van der Waals surface area contributed by atoms with Crippen LogP contribution in [0.4, 0.5) is 5.13 Å². The Hall–Kier alpha value is -2.26. The van der Waals surface area contributed by atoms with Crippen LogP contribution in [0.2, 0.25) is 5.02 Å². The van der Waals surface area contributed by atoms with Crippen molar-refractivity contribution in [1.82, 2.24) is 9.29 Å². The van der Waals surface area contributed by atoms with Crippen molar-refractivity contribution in [3.05, 3.63) is 59.1 Å². The van der Waals surface area contributed by atoms with Crippen LogP contribution in [0, 0.1) is 0 Å². The molecule has 27 heavy (non-hydrogen) atoms. The first kappa shape index (κ1) is 19.5. The third-order valence-corrected chi connectivity index (χ3v) is 6.78. The highest BCUT2D eigenvalue weighted by molar-refractivity contribution is 7.89. The minimum absolute atomic E-state index is 0.181. The maximum Gasteiger partial charge on any atom is 0.250 e. The number of halogens is 1. The van der Waals surface area contributed by atoms with Gasteiger partial charge in [-0.15, -0.1) is 0 Å². The molecule has 0 fully saturated rings. The van der Waals surface area contributed by atoms with Crippen LogP contribution in [0.15, 0.2) is 53.4 Å². The van der Waals surface area contributed by atoms with Gasteiger partial charge in [0.25, 0.3) is 0 Å². The van der Waals surface area contributed by atoms with Gasteiger partial charge in [0.2, 0.25) is 15.9 Å². The van der Waals surface area contributed by atoms with E-state index in [0.29, 0.717) is 20.4 Å². The summed E-state index contributed by atoms with van der Waals surface area (Å²) in [7, 11) is -0.574. The van der Waals surface area contributed by atoms with Gasteiger partial charge in [-0.2, -0.15) is 0 Å². The lowest BCUT2D eigenvalue weighted by Crippen LogP contribution is -2.22. The lowest BCUT2D eigenvalue weighted by atomic mass is 10.2. The van der Waals surface area contributed by atoms with E-state index in [1.165, 1.54) is 37.6 Å². The SMILES string of the molecule is CN(C)S(=O)(=O)c1ccc2nc(NC(=O)/C=C/c3ccccc3Cl)sc2c1. The zero-order valence-electron chi connectivity index (χ0n) is 14.5. The molecule has 1 aromatic heterocycles. The molecule has 3 aromatic rings. The smallest absolute Gasteiger partial charge is 0.250 e. The quantitative estimate of drug-likeness (QED) is 0.634. The Kier molecular flexibility index (Phi) is 5.61. The molecular weight excluding hydrogens is 406 g/mol. The van der Waals surface area contributed by atoms with Crippen molar-refractivity contribution >= 4 is 60.3 Å². The molecule has 3 rings (SSSR count). The predicted octanol–water partition coefficient (Wildman–Crippen LogP) is 3.85. The van der Waals surface area contributed by atoms with Gasteiger partial charge in [-0.05, 0) is 35.9 Å². The summed E-state index contributed by atoms with van der Waals surface area (Å²) < 4.78 is 26.3. The zero-order chi connectivity index (χ0) is 19.6. The van der Waals surface area contributed by atoms with Crippen LogP contribution in [0.3, 0.4) is 0 Å². The van der Waals surface area contributed by atoms with Crippen LogP contribution in [-0.2, 0) is 14.8 Å². The number of fused-ring (bicyclic) bond motifs is 1. The number of hydrogen-bond donors (Lipinski definition) is 1. The van der Waals surface area contributed by atoms with Gasteiger partial charge in [-0.1, -0.05) is 41.1 Å². The van der Waals surface area contributed by atoms with Gasteiger partial charge in [0.1, 0.15) is 0 Å². The number of amides is 1. The Balaban J connectivity index is 1.80. The number of carbonyl (C=O) groups is 1. The molecule has 140 valence electrons. The fourth-order valence-electron chi connectivity index (χ4n) is 2.25. The second-order valence-electron chi connectivity index (χ2n) is 5.78. The standard InChI is InChI=1S/C18H16ClN3O3S2/c1-22(2)27(24,25)13-8-9-15-16(11-13)26-18(20-15)21-17(23)10-7-12-5-3-4-6-14(12)19/h3-11H,1-2H3,(H,20,21,23)/b10-7+. The van der Waals surface area contributed by atoms with E-state index in [4.69, 9.17) is 11.6 Å². The van der Waals surface area contributed by atoms with Gasteiger partial charge >= 0.3 is 0 Å². The van der Waals surface area contributed by atoms with E-state index in [0.717, 1.165) is 9.87 Å². The number of benzene rings is 2. The van der Waals surface area contributed by atoms with E-state index in [-0.39, 0.29) is 10.8 Å². The molecule has 9 heteroatoms. The molecule has 0 bridgehead atoms. The summed E-state index contributed by atoms with van der Waals surface area (Å²) in [4.78, 5) is 16.6. The van der Waals surface area contributed by atoms with Gasteiger partial charge in [-0.3, -0.25) is 10.1 Å². The number of hydrogen-bond acceptors (Lipinski definition) is 5. The maximum absolute atomic E-state index is 12.2. The molecule has 2 aromatic carbocycles. The molecule has 1 N–H and O–H groups in total. The van der Waals surface area contributed by atoms with Gasteiger partial charge < -0.3 is 0 Å². The van der Waals surface area contributed by atoms with Crippen molar-refractivity contribution in [2.24, 2.45) is 0 Å². The number of rotatable bonds is 5. The third kappa shape index (κ3) is 4.36. The molecule has 0 aliphatic heterocycles. The summed E-state index contributed by atoms with van der Waals surface area (Å²) in [6.45, 7) is 0. The normalized spacial score (nSPS) is 12.1. The van der Waals surface area contributed by atoms with Crippen molar-refractivity contribution in [2.45, 2.75) is 4.90 Å². The lowest BCUT2D eigenvalue weighted by Gasteiger charge is -2.10. The Morgan fingerprint density at radius 3 is 2.67 bits per heavy atom. The molecule has 1 heterocycles. The van der Waals surface area contributed by atoms with Gasteiger partial charge in [0.05, 0.1) is 15.1 Å². The number of thiazole rings is 1. The van der Waals surface area contributed by atoms with Crippen LogP contribution < -0.4 is 5.32 Å². The van der Waals surface area contributed by atoms with Crippen molar-refractivity contribution in [1.29, 1.82) is 0 Å². The average molecular weight is 422 g/mol. The number of nitrogens with one attached hydrogen (secondary N) is 1. The predicted molar refractivity (Wildman–Crippen MR) is 110 cm³/mol. The highest BCUT2D eigenvalue weighted by Crippen LogP contribution is 2.29. The fourth-order valence-corrected chi connectivity index (χ4v) is 4.36. The lowest BCUT2D eigenvalue weighted by molar-refractivity contribution is -0.111. The van der Waals surface area contributed by atoms with Crippen LogP contribution in [0.5, 0.6) is 0 Å². The number of carbonyl (C=O) groups excluding carboxylic acids is 1. The van der Waals surface area contributed by atoms with Crippen LogP contribution in [0.1, 0.15) is 5.56 Å².